The van der Waals surface area contributed by atoms with E-state index in [4.69, 9.17) is 4.99 Å². The van der Waals surface area contributed by atoms with Crippen molar-refractivity contribution in [2.75, 3.05) is 0 Å². The van der Waals surface area contributed by atoms with Gasteiger partial charge in [-0.25, -0.2) is 0 Å². The molecule has 4 nitrogen and oxygen atoms in total. The second-order valence-electron chi connectivity index (χ2n) is 5.67. The van der Waals surface area contributed by atoms with Crippen molar-refractivity contribution < 1.29 is 0 Å². The predicted molar refractivity (Wildman–Crippen MR) is 86.6 cm³/mol. The summed E-state index contributed by atoms with van der Waals surface area (Å²) in [6.07, 6.45) is 8.38. The molecule has 2 aliphatic rings. The highest BCUT2D eigenvalue weighted by Crippen LogP contribution is 2.23. The van der Waals surface area contributed by atoms with Crippen LogP contribution in [0.5, 0.6) is 0 Å². The maximum Gasteiger partial charge on any atom is 0.109 e. The number of nitrogens with one attached hydrogen (secondary N) is 3. The molecule has 0 spiro atoms. The van der Waals surface area contributed by atoms with Gasteiger partial charge in [-0.1, -0.05) is 6.08 Å². The number of H-pyrrole nitrogens is 3. The van der Waals surface area contributed by atoms with Crippen LogP contribution in [0, 0.1) is 10.7 Å². The summed E-state index contributed by atoms with van der Waals surface area (Å²) in [5.74, 6) is 0. The Morgan fingerprint density at radius 1 is 0.773 bits per heavy atom. The Hall–Kier alpha value is -3.01. The van der Waals surface area contributed by atoms with E-state index in [1.54, 1.807) is 0 Å². The Balaban J connectivity index is 1.88. The summed E-state index contributed by atoms with van der Waals surface area (Å²) < 4.78 is 0. The lowest BCUT2D eigenvalue weighted by Crippen LogP contribution is -2.04. The molecule has 0 radical (unpaired) electrons. The summed E-state index contributed by atoms with van der Waals surface area (Å²) in [6, 6.07) is 12.6. The van der Waals surface area contributed by atoms with Gasteiger partial charge in [0, 0.05) is 22.1 Å². The quantitative estimate of drug-likeness (QED) is 0.563. The molecule has 3 aromatic rings. The molecular weight excluding hydrogens is 272 g/mol. The lowest BCUT2D eigenvalue weighted by molar-refractivity contribution is 0.891. The normalized spacial score (nSPS) is 23.1. The summed E-state index contributed by atoms with van der Waals surface area (Å²) in [5.41, 5.74) is 3.18. The van der Waals surface area contributed by atoms with E-state index in [9.17, 15) is 0 Å². The highest BCUT2D eigenvalue weighted by molar-refractivity contribution is 6.18. The van der Waals surface area contributed by atoms with Gasteiger partial charge in [-0.3, -0.25) is 4.99 Å². The van der Waals surface area contributed by atoms with Crippen LogP contribution in [0.3, 0.4) is 0 Å². The Kier molecular flexibility index (Phi) is 2.24. The van der Waals surface area contributed by atoms with E-state index in [-0.39, 0.29) is 6.04 Å². The number of aliphatic imine (C=N–C) groups is 1. The molecule has 22 heavy (non-hydrogen) atoms. The van der Waals surface area contributed by atoms with Crippen molar-refractivity contribution in [3.63, 3.8) is 0 Å². The van der Waals surface area contributed by atoms with E-state index >= 15 is 0 Å². The minimum absolute atomic E-state index is 0.0741. The summed E-state index contributed by atoms with van der Waals surface area (Å²) >= 11 is 0. The molecule has 0 saturated heterocycles. The molecule has 3 aromatic heterocycles. The third-order valence-corrected chi connectivity index (χ3v) is 4.11. The van der Waals surface area contributed by atoms with E-state index in [1.165, 1.54) is 0 Å². The Bertz CT molecular complexity index is 1130. The molecule has 106 valence electrons. The minimum Gasteiger partial charge on any atom is -0.357 e. The number of aromatic amines is 3. The first kappa shape index (κ1) is 11.6. The third-order valence-electron chi connectivity index (χ3n) is 4.11. The van der Waals surface area contributed by atoms with Crippen LogP contribution in [0.2, 0.25) is 0 Å². The molecule has 5 heterocycles. The van der Waals surface area contributed by atoms with Gasteiger partial charge in [-0.15, -0.1) is 0 Å². The van der Waals surface area contributed by atoms with Gasteiger partial charge in [0.15, 0.2) is 0 Å². The number of aromatic nitrogens is 3. The van der Waals surface area contributed by atoms with Crippen LogP contribution >= 0.6 is 0 Å². The number of nitrogens with zero attached hydrogens (tertiary/aromatic N) is 1. The van der Waals surface area contributed by atoms with Crippen LogP contribution in [0.1, 0.15) is 17.4 Å². The predicted octanol–water partition coefficient (Wildman–Crippen LogP) is 1.63. The average Bonchev–Trinajstić information content (AvgIpc) is 3.24. The lowest BCUT2D eigenvalue weighted by atomic mass is 10.2. The second kappa shape index (κ2) is 4.24. The minimum atomic E-state index is 0.0741. The number of allylic oxidation sites excluding steroid dienone is 1. The smallest absolute Gasteiger partial charge is 0.109 e. The second-order valence-corrected chi connectivity index (χ2v) is 5.67. The molecule has 4 heteroatoms. The third kappa shape index (κ3) is 1.81. The van der Waals surface area contributed by atoms with Crippen molar-refractivity contribution in [3.8, 4) is 0 Å². The van der Waals surface area contributed by atoms with Crippen molar-refractivity contribution in [2.45, 2.75) is 6.04 Å². The molecule has 0 aliphatic carbocycles. The van der Waals surface area contributed by atoms with E-state index in [2.05, 4.69) is 75.7 Å². The van der Waals surface area contributed by atoms with Crippen LogP contribution in [0.25, 0.3) is 12.2 Å². The number of rotatable bonds is 0. The fraction of sp³-hybridized carbons (Fsp3) is 0.0556. The molecule has 5 rings (SSSR count). The van der Waals surface area contributed by atoms with E-state index in [0.717, 1.165) is 38.5 Å². The SMILES string of the molecule is C1=CC2N=C1/C=c1/cc/c([nH]1)=c1\cc/c([nH]1)=C/c1ccc2[nH]1. The molecule has 0 aromatic carbocycles. The summed E-state index contributed by atoms with van der Waals surface area (Å²) in [7, 11) is 0. The molecule has 0 saturated carbocycles. The molecule has 1 atom stereocenters. The van der Waals surface area contributed by atoms with Gasteiger partial charge >= 0.3 is 0 Å². The number of hydrogen-bond acceptors (Lipinski definition) is 1. The fourth-order valence-corrected chi connectivity index (χ4v) is 3.01. The number of fused-ring (bicyclic) bond motifs is 8. The standard InChI is InChI=1S/C18H14N4/c1-5-15-16-6-3-13(21-16)10-14-4-8-18(22-14)17-7-2-12(20-17)9-11(1)19-15/h1-10,15,20-22H/b12-9-,14-10-,18-17-. The lowest BCUT2D eigenvalue weighted by Gasteiger charge is -2.00. The molecule has 0 fully saturated rings. The molecule has 8 bridgehead atoms. The fourth-order valence-electron chi connectivity index (χ4n) is 3.01. The Morgan fingerprint density at radius 3 is 2.36 bits per heavy atom. The van der Waals surface area contributed by atoms with E-state index < -0.39 is 0 Å². The molecule has 1 unspecified atom stereocenters. The largest absolute Gasteiger partial charge is 0.357 e. The highest BCUT2D eigenvalue weighted by Gasteiger charge is 2.13. The highest BCUT2D eigenvalue weighted by atomic mass is 14.9. The van der Waals surface area contributed by atoms with Crippen LogP contribution in [-0.2, 0) is 0 Å². The topological polar surface area (TPSA) is 59.7 Å². The number of hydrogen-bond donors (Lipinski definition) is 3. The zero-order valence-corrected chi connectivity index (χ0v) is 11.8. The van der Waals surface area contributed by atoms with E-state index in [1.807, 2.05) is 0 Å². The van der Waals surface area contributed by atoms with Crippen LogP contribution in [0.4, 0.5) is 0 Å². The molecule has 3 N–H and O–H groups in total. The maximum atomic E-state index is 4.75. The average molecular weight is 286 g/mol. The first-order valence-electron chi connectivity index (χ1n) is 7.36. The van der Waals surface area contributed by atoms with Crippen molar-refractivity contribution in [3.05, 3.63) is 81.3 Å². The van der Waals surface area contributed by atoms with Gasteiger partial charge in [0.05, 0.1) is 16.4 Å². The zero-order chi connectivity index (χ0) is 14.5. The van der Waals surface area contributed by atoms with Gasteiger partial charge in [0.1, 0.15) is 6.04 Å². The Labute approximate surface area is 125 Å². The van der Waals surface area contributed by atoms with Crippen molar-refractivity contribution >= 4 is 17.9 Å². The van der Waals surface area contributed by atoms with Crippen molar-refractivity contribution in [1.29, 1.82) is 0 Å². The van der Waals surface area contributed by atoms with Crippen molar-refractivity contribution in [1.82, 2.24) is 15.0 Å². The van der Waals surface area contributed by atoms with Gasteiger partial charge in [0.25, 0.3) is 0 Å². The van der Waals surface area contributed by atoms with Crippen LogP contribution < -0.4 is 10.7 Å². The summed E-state index contributed by atoms with van der Waals surface area (Å²) in [4.78, 5) is 15.0. The van der Waals surface area contributed by atoms with Gasteiger partial charge in [0.2, 0.25) is 0 Å². The first-order chi connectivity index (χ1) is 10.8. The van der Waals surface area contributed by atoms with E-state index in [0.29, 0.717) is 0 Å². The van der Waals surface area contributed by atoms with Gasteiger partial charge in [-0.05, 0) is 54.6 Å². The molecule has 0 amide bonds. The Morgan fingerprint density at radius 2 is 1.55 bits per heavy atom. The molecular formula is C18H14N4. The maximum absolute atomic E-state index is 4.75. The van der Waals surface area contributed by atoms with Gasteiger partial charge < -0.3 is 15.0 Å². The first-order valence-corrected chi connectivity index (χ1v) is 7.36. The molecule has 2 aliphatic heterocycles. The summed E-state index contributed by atoms with van der Waals surface area (Å²) in [5, 5.41) is 4.29. The van der Waals surface area contributed by atoms with Crippen LogP contribution in [0.15, 0.2) is 53.5 Å². The van der Waals surface area contributed by atoms with Crippen LogP contribution in [-0.4, -0.2) is 20.7 Å². The summed E-state index contributed by atoms with van der Waals surface area (Å²) in [6.45, 7) is 0. The van der Waals surface area contributed by atoms with Gasteiger partial charge in [-0.2, -0.15) is 0 Å². The monoisotopic (exact) mass is 286 g/mol. The zero-order valence-electron chi connectivity index (χ0n) is 11.8. The van der Waals surface area contributed by atoms with Crippen molar-refractivity contribution in [2.24, 2.45) is 4.99 Å².